The van der Waals surface area contributed by atoms with Crippen LogP contribution in [0.5, 0.6) is 0 Å². The molecule has 88 valence electrons. The molecule has 1 saturated carbocycles. The molecule has 0 N–H and O–H groups in total. The van der Waals surface area contributed by atoms with Crippen LogP contribution in [-0.4, -0.2) is 5.78 Å². The summed E-state index contributed by atoms with van der Waals surface area (Å²) in [7, 11) is 0. The first-order valence-corrected chi connectivity index (χ1v) is 6.23. The molecule has 0 unspecified atom stereocenters. The van der Waals surface area contributed by atoms with Gasteiger partial charge in [0, 0.05) is 5.02 Å². The Labute approximate surface area is 106 Å². The van der Waals surface area contributed by atoms with Crippen LogP contribution in [0.1, 0.15) is 37.7 Å². The van der Waals surface area contributed by atoms with Crippen molar-refractivity contribution in [3.63, 3.8) is 0 Å². The summed E-state index contributed by atoms with van der Waals surface area (Å²) in [5.41, 5.74) is 0.583. The van der Waals surface area contributed by atoms with Crippen molar-refractivity contribution in [3.05, 3.63) is 34.9 Å². The van der Waals surface area contributed by atoms with Gasteiger partial charge in [0.2, 0.25) is 0 Å². The summed E-state index contributed by atoms with van der Waals surface area (Å²) in [4.78, 5) is 12.2. The van der Waals surface area contributed by atoms with E-state index in [1.54, 1.807) is 0 Å². The predicted octanol–water partition coefficient (Wildman–Crippen LogP) is 3.63. The summed E-state index contributed by atoms with van der Waals surface area (Å²) in [6.07, 6.45) is 3.83. The number of carbonyl (C=O) groups excluding carboxylic acids is 1. The normalized spacial score (nSPS) is 17.6. The van der Waals surface area contributed by atoms with E-state index in [4.69, 9.17) is 16.9 Å². The fourth-order valence-corrected chi connectivity index (χ4v) is 2.84. The Morgan fingerprint density at radius 1 is 1.29 bits per heavy atom. The highest BCUT2D eigenvalue weighted by Gasteiger charge is 2.41. The molecule has 0 spiro atoms. The minimum atomic E-state index is -0.430. The number of hydrogen-bond acceptors (Lipinski definition) is 2. The zero-order chi connectivity index (χ0) is 12.3. The minimum absolute atomic E-state index is 0.00261. The number of ketones is 1. The van der Waals surface area contributed by atoms with Gasteiger partial charge in [0.15, 0.2) is 5.78 Å². The molecule has 0 heterocycles. The number of halogens is 1. The molecule has 3 heteroatoms. The van der Waals surface area contributed by atoms with Gasteiger partial charge in [0.25, 0.3) is 0 Å². The zero-order valence-electron chi connectivity index (χ0n) is 9.58. The van der Waals surface area contributed by atoms with Gasteiger partial charge in [-0.05, 0) is 30.5 Å². The van der Waals surface area contributed by atoms with Crippen molar-refractivity contribution in [1.82, 2.24) is 0 Å². The van der Waals surface area contributed by atoms with Crippen LogP contribution in [0, 0.1) is 11.3 Å². The third-order valence-electron chi connectivity index (χ3n) is 3.63. The summed E-state index contributed by atoms with van der Waals surface area (Å²) in [6, 6.07) is 9.45. The second-order valence-electron chi connectivity index (χ2n) is 4.55. The van der Waals surface area contributed by atoms with E-state index in [1.807, 2.05) is 30.3 Å². The minimum Gasteiger partial charge on any atom is -0.298 e. The average Bonchev–Trinajstić information content (AvgIpc) is 2.81. The monoisotopic (exact) mass is 247 g/mol. The van der Waals surface area contributed by atoms with Gasteiger partial charge in [0.1, 0.15) is 0 Å². The van der Waals surface area contributed by atoms with Crippen LogP contribution in [0.4, 0.5) is 0 Å². The summed E-state index contributed by atoms with van der Waals surface area (Å²) in [5, 5.41) is 9.39. The predicted molar refractivity (Wildman–Crippen MR) is 66.8 cm³/mol. The Kier molecular flexibility index (Phi) is 3.49. The summed E-state index contributed by atoms with van der Waals surface area (Å²) in [5.74, 6) is 0.0554. The number of nitriles is 1. The Bertz CT molecular complexity index is 452. The van der Waals surface area contributed by atoms with Crippen LogP contribution in [0.25, 0.3) is 0 Å². The largest absolute Gasteiger partial charge is 0.298 e. The van der Waals surface area contributed by atoms with E-state index in [9.17, 15) is 4.79 Å². The quantitative estimate of drug-likeness (QED) is 0.818. The van der Waals surface area contributed by atoms with E-state index in [-0.39, 0.29) is 12.2 Å². The van der Waals surface area contributed by atoms with E-state index in [0.717, 1.165) is 31.2 Å². The molecule has 1 fully saturated rings. The van der Waals surface area contributed by atoms with Crippen molar-refractivity contribution in [2.75, 3.05) is 0 Å². The van der Waals surface area contributed by atoms with Crippen molar-refractivity contribution in [1.29, 1.82) is 5.26 Å². The molecule has 0 saturated heterocycles. The second kappa shape index (κ2) is 4.89. The molecule has 1 aliphatic rings. The lowest BCUT2D eigenvalue weighted by atomic mass is 9.74. The van der Waals surface area contributed by atoms with Crippen molar-refractivity contribution in [2.24, 2.45) is 0 Å². The van der Waals surface area contributed by atoms with Crippen molar-refractivity contribution in [3.8, 4) is 6.07 Å². The third kappa shape index (κ3) is 2.21. The number of hydrogen-bond donors (Lipinski definition) is 0. The molecule has 0 atom stereocenters. The van der Waals surface area contributed by atoms with Gasteiger partial charge in [-0.3, -0.25) is 4.79 Å². The van der Waals surface area contributed by atoms with Crippen LogP contribution >= 0.6 is 11.6 Å². The molecular formula is C14H14ClNO. The molecule has 1 aliphatic carbocycles. The van der Waals surface area contributed by atoms with Gasteiger partial charge in [-0.25, -0.2) is 0 Å². The van der Waals surface area contributed by atoms with Gasteiger partial charge >= 0.3 is 0 Å². The van der Waals surface area contributed by atoms with Crippen molar-refractivity contribution < 1.29 is 4.79 Å². The molecule has 0 bridgehead atoms. The smallest absolute Gasteiger partial charge is 0.157 e. The van der Waals surface area contributed by atoms with Crippen LogP contribution in [0.2, 0.25) is 5.02 Å². The Morgan fingerprint density at radius 2 is 1.88 bits per heavy atom. The molecule has 1 aromatic carbocycles. The molecule has 17 heavy (non-hydrogen) atoms. The average molecular weight is 248 g/mol. The number of rotatable bonds is 3. The molecule has 1 aromatic rings. The van der Waals surface area contributed by atoms with Crippen LogP contribution in [-0.2, 0) is 10.2 Å². The fraction of sp³-hybridized carbons (Fsp3) is 0.429. The topological polar surface area (TPSA) is 40.9 Å². The maximum Gasteiger partial charge on any atom is 0.157 e. The van der Waals surface area contributed by atoms with Crippen LogP contribution in [0.15, 0.2) is 24.3 Å². The van der Waals surface area contributed by atoms with Gasteiger partial charge in [-0.1, -0.05) is 36.6 Å². The first-order valence-electron chi connectivity index (χ1n) is 5.85. The molecule has 0 aromatic heterocycles. The number of benzene rings is 1. The Morgan fingerprint density at radius 3 is 2.41 bits per heavy atom. The van der Waals surface area contributed by atoms with Gasteiger partial charge < -0.3 is 0 Å². The van der Waals surface area contributed by atoms with E-state index >= 15 is 0 Å². The SMILES string of the molecule is N#CCC(=O)C1(c2ccc(Cl)cc2)CCCC1. The molecule has 0 aliphatic heterocycles. The first kappa shape index (κ1) is 12.1. The molecule has 0 amide bonds. The van der Waals surface area contributed by atoms with Crippen molar-refractivity contribution in [2.45, 2.75) is 37.5 Å². The fourth-order valence-electron chi connectivity index (χ4n) is 2.72. The first-order chi connectivity index (χ1) is 8.19. The van der Waals surface area contributed by atoms with Crippen LogP contribution in [0.3, 0.4) is 0 Å². The van der Waals surface area contributed by atoms with E-state index in [2.05, 4.69) is 0 Å². The highest BCUT2D eigenvalue weighted by atomic mass is 35.5. The van der Waals surface area contributed by atoms with E-state index < -0.39 is 5.41 Å². The van der Waals surface area contributed by atoms with Gasteiger partial charge in [-0.15, -0.1) is 0 Å². The van der Waals surface area contributed by atoms with Crippen molar-refractivity contribution >= 4 is 17.4 Å². The molecule has 2 rings (SSSR count). The maximum absolute atomic E-state index is 12.2. The van der Waals surface area contributed by atoms with Gasteiger partial charge in [-0.2, -0.15) is 5.26 Å². The molecular weight excluding hydrogens is 234 g/mol. The zero-order valence-corrected chi connectivity index (χ0v) is 10.3. The Hall–Kier alpha value is -1.33. The van der Waals surface area contributed by atoms with Crippen LogP contribution < -0.4 is 0 Å². The maximum atomic E-state index is 12.2. The lowest BCUT2D eigenvalue weighted by molar-refractivity contribution is -0.123. The van der Waals surface area contributed by atoms with Gasteiger partial charge in [0.05, 0.1) is 17.9 Å². The highest BCUT2D eigenvalue weighted by Crippen LogP contribution is 2.42. The third-order valence-corrected chi connectivity index (χ3v) is 3.88. The molecule has 2 nitrogen and oxygen atoms in total. The van der Waals surface area contributed by atoms with E-state index in [1.165, 1.54) is 0 Å². The Balaban J connectivity index is 2.38. The lowest BCUT2D eigenvalue weighted by Crippen LogP contribution is -2.32. The number of nitrogens with zero attached hydrogens (tertiary/aromatic N) is 1. The highest BCUT2D eigenvalue weighted by molar-refractivity contribution is 6.30. The summed E-state index contributed by atoms with van der Waals surface area (Å²) < 4.78 is 0. The van der Waals surface area contributed by atoms with E-state index in [0.29, 0.717) is 5.02 Å². The second-order valence-corrected chi connectivity index (χ2v) is 4.99. The summed E-state index contributed by atoms with van der Waals surface area (Å²) in [6.45, 7) is 0. The lowest BCUT2D eigenvalue weighted by Gasteiger charge is -2.27. The standard InChI is InChI=1S/C14H14ClNO/c15-12-5-3-11(4-6-12)14(8-1-2-9-14)13(17)7-10-16/h3-6H,1-2,7-9H2. The molecule has 0 radical (unpaired) electrons. The number of Topliss-reactive ketones (excluding diaryl/α,β-unsaturated/α-hetero) is 1. The number of carbonyl (C=O) groups is 1. The summed E-state index contributed by atoms with van der Waals surface area (Å²) >= 11 is 5.87.